The lowest BCUT2D eigenvalue weighted by atomic mass is 9.79. The molecule has 0 radical (unpaired) electrons. The van der Waals surface area contributed by atoms with Crippen molar-refractivity contribution in [3.8, 4) is 0 Å². The van der Waals surface area contributed by atoms with Crippen molar-refractivity contribution in [2.75, 3.05) is 0 Å². The SMILES string of the molecule is NC1=Nc2ccccc2[C@H]2CCCCC[C@@H]12. The van der Waals surface area contributed by atoms with Gasteiger partial charge in [0.1, 0.15) is 5.84 Å². The van der Waals surface area contributed by atoms with Gasteiger partial charge in [-0.25, -0.2) is 4.99 Å². The number of para-hydroxylation sites is 1. The summed E-state index contributed by atoms with van der Waals surface area (Å²) < 4.78 is 0. The molecule has 1 saturated carbocycles. The van der Waals surface area contributed by atoms with Crippen molar-refractivity contribution in [1.82, 2.24) is 0 Å². The smallest absolute Gasteiger partial charge is 0.103 e. The summed E-state index contributed by atoms with van der Waals surface area (Å²) in [7, 11) is 0. The maximum atomic E-state index is 6.12. The fourth-order valence-corrected chi connectivity index (χ4v) is 3.16. The molecule has 1 aliphatic carbocycles. The number of fused-ring (bicyclic) bond motifs is 3. The highest BCUT2D eigenvalue weighted by molar-refractivity contribution is 5.89. The Morgan fingerprint density at radius 2 is 1.75 bits per heavy atom. The maximum absolute atomic E-state index is 6.12. The Labute approximate surface area is 96.6 Å². The minimum atomic E-state index is 0.498. The lowest BCUT2D eigenvalue weighted by Crippen LogP contribution is -2.31. The normalized spacial score (nSPS) is 28.6. The molecule has 2 nitrogen and oxygen atoms in total. The first-order valence-corrected chi connectivity index (χ1v) is 6.29. The molecule has 0 saturated heterocycles. The molecule has 0 bridgehead atoms. The van der Waals surface area contributed by atoms with E-state index < -0.39 is 0 Å². The van der Waals surface area contributed by atoms with E-state index in [1.54, 1.807) is 0 Å². The monoisotopic (exact) mass is 214 g/mol. The van der Waals surface area contributed by atoms with Crippen molar-refractivity contribution in [2.24, 2.45) is 16.6 Å². The summed E-state index contributed by atoms with van der Waals surface area (Å²) in [4.78, 5) is 4.57. The molecule has 84 valence electrons. The van der Waals surface area contributed by atoms with Crippen molar-refractivity contribution in [1.29, 1.82) is 0 Å². The number of hydrogen-bond donors (Lipinski definition) is 1. The molecule has 0 aromatic heterocycles. The first-order valence-electron chi connectivity index (χ1n) is 6.29. The number of benzene rings is 1. The number of amidine groups is 1. The van der Waals surface area contributed by atoms with Gasteiger partial charge < -0.3 is 5.73 Å². The summed E-state index contributed by atoms with van der Waals surface area (Å²) in [5.41, 5.74) is 8.64. The van der Waals surface area contributed by atoms with E-state index in [0.29, 0.717) is 11.8 Å². The van der Waals surface area contributed by atoms with Crippen LogP contribution in [0, 0.1) is 5.92 Å². The fourth-order valence-electron chi connectivity index (χ4n) is 3.16. The number of nitrogens with zero attached hydrogens (tertiary/aromatic N) is 1. The highest BCUT2D eigenvalue weighted by atomic mass is 14.9. The molecular weight excluding hydrogens is 196 g/mol. The van der Waals surface area contributed by atoms with Gasteiger partial charge in [-0.05, 0) is 30.4 Å². The first kappa shape index (κ1) is 9.88. The van der Waals surface area contributed by atoms with Crippen LogP contribution in [0.1, 0.15) is 43.6 Å². The van der Waals surface area contributed by atoms with Gasteiger partial charge in [-0.3, -0.25) is 0 Å². The Kier molecular flexibility index (Phi) is 2.43. The molecule has 1 heterocycles. The summed E-state index contributed by atoms with van der Waals surface area (Å²) in [6.07, 6.45) is 6.48. The van der Waals surface area contributed by atoms with E-state index in [4.69, 9.17) is 5.73 Å². The zero-order chi connectivity index (χ0) is 11.0. The van der Waals surface area contributed by atoms with Gasteiger partial charge in [0, 0.05) is 5.92 Å². The Hall–Kier alpha value is -1.31. The van der Waals surface area contributed by atoms with Crippen molar-refractivity contribution in [3.63, 3.8) is 0 Å². The van der Waals surface area contributed by atoms with E-state index in [-0.39, 0.29) is 0 Å². The molecule has 2 aliphatic rings. The average molecular weight is 214 g/mol. The molecule has 0 amide bonds. The van der Waals surface area contributed by atoms with Crippen LogP contribution in [0.4, 0.5) is 5.69 Å². The Balaban J connectivity index is 2.07. The van der Waals surface area contributed by atoms with Crippen molar-refractivity contribution >= 4 is 11.5 Å². The molecule has 1 aliphatic heterocycles. The Morgan fingerprint density at radius 3 is 2.62 bits per heavy atom. The maximum Gasteiger partial charge on any atom is 0.103 e. The highest BCUT2D eigenvalue weighted by Crippen LogP contribution is 2.43. The molecule has 16 heavy (non-hydrogen) atoms. The average Bonchev–Trinajstić information content (AvgIpc) is 2.55. The topological polar surface area (TPSA) is 38.4 Å². The van der Waals surface area contributed by atoms with Gasteiger partial charge in [-0.1, -0.05) is 37.5 Å². The molecule has 0 unspecified atom stereocenters. The van der Waals surface area contributed by atoms with Crippen LogP contribution >= 0.6 is 0 Å². The summed E-state index contributed by atoms with van der Waals surface area (Å²) >= 11 is 0. The van der Waals surface area contributed by atoms with Crippen LogP contribution in [0.15, 0.2) is 29.3 Å². The van der Waals surface area contributed by atoms with Crippen molar-refractivity contribution in [3.05, 3.63) is 29.8 Å². The third kappa shape index (κ3) is 1.53. The predicted molar refractivity (Wildman–Crippen MR) is 67.0 cm³/mol. The van der Waals surface area contributed by atoms with E-state index in [0.717, 1.165) is 11.5 Å². The zero-order valence-corrected chi connectivity index (χ0v) is 9.52. The molecule has 2 N–H and O–H groups in total. The first-order chi connectivity index (χ1) is 7.86. The van der Waals surface area contributed by atoms with Gasteiger partial charge in [-0.15, -0.1) is 0 Å². The standard InChI is InChI=1S/C14H18N2/c15-14-12-8-3-1-2-6-10(12)11-7-4-5-9-13(11)16-14/h4-5,7,9-10,12H,1-3,6,8H2,(H2,15,16)/t10-,12-/m1/s1. The molecule has 3 rings (SSSR count). The van der Waals surface area contributed by atoms with Gasteiger partial charge in [0.2, 0.25) is 0 Å². The van der Waals surface area contributed by atoms with E-state index in [1.165, 1.54) is 37.7 Å². The minimum absolute atomic E-state index is 0.498. The molecule has 2 heteroatoms. The van der Waals surface area contributed by atoms with Crippen LogP contribution in [0.3, 0.4) is 0 Å². The molecular formula is C14H18N2. The Morgan fingerprint density at radius 1 is 1.00 bits per heavy atom. The number of rotatable bonds is 0. The second-order valence-electron chi connectivity index (χ2n) is 4.95. The minimum Gasteiger partial charge on any atom is -0.387 e. The highest BCUT2D eigenvalue weighted by Gasteiger charge is 2.32. The molecule has 2 atom stereocenters. The van der Waals surface area contributed by atoms with E-state index >= 15 is 0 Å². The lowest BCUT2D eigenvalue weighted by molar-refractivity contribution is 0.497. The van der Waals surface area contributed by atoms with Gasteiger partial charge in [0.25, 0.3) is 0 Å². The number of aliphatic imine (C=N–C) groups is 1. The third-order valence-corrected chi connectivity index (χ3v) is 3.98. The second-order valence-corrected chi connectivity index (χ2v) is 4.95. The number of hydrogen-bond acceptors (Lipinski definition) is 2. The van der Waals surface area contributed by atoms with Crippen LogP contribution < -0.4 is 5.73 Å². The van der Waals surface area contributed by atoms with Gasteiger partial charge in [0.05, 0.1) is 5.69 Å². The van der Waals surface area contributed by atoms with Crippen LogP contribution in [-0.4, -0.2) is 5.84 Å². The molecule has 1 aromatic carbocycles. The summed E-state index contributed by atoms with van der Waals surface area (Å²) in [6.45, 7) is 0. The molecule has 0 spiro atoms. The molecule has 1 aromatic rings. The fraction of sp³-hybridized carbons (Fsp3) is 0.500. The zero-order valence-electron chi connectivity index (χ0n) is 9.52. The summed E-state index contributed by atoms with van der Waals surface area (Å²) in [5.74, 6) is 1.99. The van der Waals surface area contributed by atoms with Crippen LogP contribution in [0.2, 0.25) is 0 Å². The quantitative estimate of drug-likeness (QED) is 0.706. The molecule has 1 fully saturated rings. The van der Waals surface area contributed by atoms with Crippen molar-refractivity contribution in [2.45, 2.75) is 38.0 Å². The van der Waals surface area contributed by atoms with E-state index in [9.17, 15) is 0 Å². The van der Waals surface area contributed by atoms with Gasteiger partial charge in [0.15, 0.2) is 0 Å². The third-order valence-electron chi connectivity index (χ3n) is 3.98. The lowest BCUT2D eigenvalue weighted by Gasteiger charge is -2.30. The van der Waals surface area contributed by atoms with E-state index in [2.05, 4.69) is 23.2 Å². The van der Waals surface area contributed by atoms with Crippen LogP contribution in [0.5, 0.6) is 0 Å². The number of nitrogens with two attached hydrogens (primary N) is 1. The van der Waals surface area contributed by atoms with Crippen LogP contribution in [0.25, 0.3) is 0 Å². The predicted octanol–water partition coefficient (Wildman–Crippen LogP) is 3.35. The van der Waals surface area contributed by atoms with Gasteiger partial charge >= 0.3 is 0 Å². The van der Waals surface area contributed by atoms with E-state index in [1.807, 2.05) is 6.07 Å². The summed E-state index contributed by atoms with van der Waals surface area (Å²) in [6, 6.07) is 8.49. The van der Waals surface area contributed by atoms with Gasteiger partial charge in [-0.2, -0.15) is 0 Å². The summed E-state index contributed by atoms with van der Waals surface area (Å²) in [5, 5.41) is 0. The van der Waals surface area contributed by atoms with Crippen LogP contribution in [-0.2, 0) is 0 Å². The Bertz CT molecular complexity index is 422. The largest absolute Gasteiger partial charge is 0.387 e. The second kappa shape index (κ2) is 3.93. The van der Waals surface area contributed by atoms with Crippen molar-refractivity contribution < 1.29 is 0 Å².